The van der Waals surface area contributed by atoms with Gasteiger partial charge in [-0.15, -0.1) is 0 Å². The van der Waals surface area contributed by atoms with E-state index in [1.165, 1.54) is 7.05 Å². The Kier molecular flexibility index (Phi) is 4.09. The summed E-state index contributed by atoms with van der Waals surface area (Å²) in [6.45, 7) is 2.20. The number of amides is 2. The minimum atomic E-state index is -0.443. The monoisotopic (exact) mass is 318 g/mol. The van der Waals surface area contributed by atoms with E-state index in [4.69, 9.17) is 4.52 Å². The van der Waals surface area contributed by atoms with Crippen LogP contribution in [0.2, 0.25) is 0 Å². The van der Waals surface area contributed by atoms with E-state index in [0.29, 0.717) is 11.6 Å². The fraction of sp³-hybridized carbons (Fsp3) is 0.500. The number of carbonyl (C=O) groups is 2. The zero-order valence-electron chi connectivity index (χ0n) is 13.0. The van der Waals surface area contributed by atoms with Gasteiger partial charge < -0.3 is 15.2 Å². The van der Waals surface area contributed by atoms with Crippen molar-refractivity contribution in [1.29, 1.82) is 0 Å². The SMILES string of the molecule is CNC(=O)c1noc(CNC(=O)c2n[nH]c3c2CC(C)CC3)n1. The minimum absolute atomic E-state index is 0.0417. The Morgan fingerprint density at radius 1 is 1.39 bits per heavy atom. The first kappa shape index (κ1) is 15.2. The van der Waals surface area contributed by atoms with Gasteiger partial charge in [-0.05, 0) is 25.2 Å². The van der Waals surface area contributed by atoms with Crippen LogP contribution >= 0.6 is 0 Å². The molecule has 0 radical (unpaired) electrons. The molecule has 0 fully saturated rings. The molecule has 0 spiro atoms. The molecule has 1 unspecified atom stereocenters. The molecule has 0 saturated carbocycles. The molecule has 2 aromatic heterocycles. The number of aromatic amines is 1. The Hall–Kier alpha value is -2.71. The second kappa shape index (κ2) is 6.19. The number of nitrogens with one attached hydrogen (secondary N) is 3. The summed E-state index contributed by atoms with van der Waals surface area (Å²) in [5.41, 5.74) is 2.43. The van der Waals surface area contributed by atoms with Crippen molar-refractivity contribution < 1.29 is 14.1 Å². The second-order valence-corrected chi connectivity index (χ2v) is 5.65. The van der Waals surface area contributed by atoms with Crippen LogP contribution in [0.4, 0.5) is 0 Å². The quantitative estimate of drug-likeness (QED) is 0.739. The minimum Gasteiger partial charge on any atom is -0.352 e. The number of hydrogen-bond acceptors (Lipinski definition) is 6. The molecule has 0 bridgehead atoms. The molecular formula is C14H18N6O3. The number of aryl methyl sites for hydroxylation is 1. The van der Waals surface area contributed by atoms with Gasteiger partial charge in [-0.25, -0.2) is 0 Å². The number of aromatic nitrogens is 4. The van der Waals surface area contributed by atoms with E-state index in [-0.39, 0.29) is 24.2 Å². The molecule has 2 aromatic rings. The first-order valence-electron chi connectivity index (χ1n) is 7.47. The number of rotatable bonds is 4. The maximum absolute atomic E-state index is 12.3. The normalized spacial score (nSPS) is 16.7. The van der Waals surface area contributed by atoms with Gasteiger partial charge in [0.2, 0.25) is 5.89 Å². The van der Waals surface area contributed by atoms with Crippen molar-refractivity contribution >= 4 is 11.8 Å². The molecular weight excluding hydrogens is 300 g/mol. The molecule has 2 heterocycles. The number of fused-ring (bicyclic) bond motifs is 1. The first-order chi connectivity index (χ1) is 11.1. The lowest BCUT2D eigenvalue weighted by Gasteiger charge is -2.17. The zero-order chi connectivity index (χ0) is 16.4. The third-order valence-electron chi connectivity index (χ3n) is 3.91. The Labute approximate surface area is 132 Å². The molecule has 122 valence electrons. The van der Waals surface area contributed by atoms with Crippen LogP contribution in [-0.2, 0) is 19.4 Å². The molecule has 3 N–H and O–H groups in total. The van der Waals surface area contributed by atoms with Crippen molar-refractivity contribution in [3.63, 3.8) is 0 Å². The molecule has 0 aromatic carbocycles. The highest BCUT2D eigenvalue weighted by atomic mass is 16.5. The van der Waals surface area contributed by atoms with Gasteiger partial charge in [-0.1, -0.05) is 12.1 Å². The number of carbonyl (C=O) groups excluding carboxylic acids is 2. The number of hydrogen-bond donors (Lipinski definition) is 3. The summed E-state index contributed by atoms with van der Waals surface area (Å²) in [4.78, 5) is 27.5. The fourth-order valence-corrected chi connectivity index (χ4v) is 2.63. The van der Waals surface area contributed by atoms with E-state index in [0.717, 1.165) is 30.5 Å². The van der Waals surface area contributed by atoms with Crippen LogP contribution in [0, 0.1) is 5.92 Å². The van der Waals surface area contributed by atoms with E-state index in [1.54, 1.807) is 0 Å². The second-order valence-electron chi connectivity index (χ2n) is 5.65. The highest BCUT2D eigenvalue weighted by Crippen LogP contribution is 2.26. The molecule has 23 heavy (non-hydrogen) atoms. The van der Waals surface area contributed by atoms with Crippen LogP contribution in [0.1, 0.15) is 51.6 Å². The van der Waals surface area contributed by atoms with Gasteiger partial charge in [0.25, 0.3) is 17.6 Å². The highest BCUT2D eigenvalue weighted by molar-refractivity contribution is 5.94. The van der Waals surface area contributed by atoms with Crippen molar-refractivity contribution in [2.75, 3.05) is 7.05 Å². The third kappa shape index (κ3) is 3.08. The van der Waals surface area contributed by atoms with E-state index >= 15 is 0 Å². The maximum atomic E-state index is 12.3. The first-order valence-corrected chi connectivity index (χ1v) is 7.47. The van der Waals surface area contributed by atoms with Crippen LogP contribution in [0.3, 0.4) is 0 Å². The zero-order valence-corrected chi connectivity index (χ0v) is 13.0. The van der Waals surface area contributed by atoms with Crippen molar-refractivity contribution in [2.45, 2.75) is 32.7 Å². The van der Waals surface area contributed by atoms with Crippen molar-refractivity contribution in [3.8, 4) is 0 Å². The summed E-state index contributed by atoms with van der Waals surface area (Å²) < 4.78 is 4.92. The van der Waals surface area contributed by atoms with Crippen molar-refractivity contribution in [3.05, 3.63) is 28.7 Å². The van der Waals surface area contributed by atoms with Gasteiger partial charge in [0.15, 0.2) is 5.69 Å². The molecule has 1 atom stereocenters. The van der Waals surface area contributed by atoms with E-state index in [9.17, 15) is 9.59 Å². The fourth-order valence-electron chi connectivity index (χ4n) is 2.63. The average Bonchev–Trinajstić information content (AvgIpc) is 3.18. The Morgan fingerprint density at radius 2 is 2.22 bits per heavy atom. The topological polar surface area (TPSA) is 126 Å². The lowest BCUT2D eigenvalue weighted by molar-refractivity contribution is 0.0934. The van der Waals surface area contributed by atoms with E-state index < -0.39 is 5.91 Å². The standard InChI is InChI=1S/C14H18N6O3/c1-7-3-4-9-8(5-7)11(19-18-9)13(21)16-6-10-17-12(20-23-10)14(22)15-2/h7H,3-6H2,1-2H3,(H,15,22)(H,16,21)(H,18,19). The number of nitrogens with zero attached hydrogens (tertiary/aromatic N) is 3. The molecule has 1 aliphatic rings. The Morgan fingerprint density at radius 3 is 3.00 bits per heavy atom. The Bertz CT molecular complexity index is 735. The van der Waals surface area contributed by atoms with Crippen molar-refractivity contribution in [1.82, 2.24) is 31.0 Å². The predicted molar refractivity (Wildman–Crippen MR) is 78.6 cm³/mol. The number of H-pyrrole nitrogens is 1. The van der Waals surface area contributed by atoms with Gasteiger partial charge in [0, 0.05) is 18.3 Å². The van der Waals surface area contributed by atoms with E-state index in [1.807, 2.05) is 0 Å². The van der Waals surface area contributed by atoms with Gasteiger partial charge in [0.1, 0.15) is 0 Å². The average molecular weight is 318 g/mol. The van der Waals surface area contributed by atoms with Gasteiger partial charge in [0.05, 0.1) is 6.54 Å². The predicted octanol–water partition coefficient (Wildman–Crippen LogP) is 0.207. The van der Waals surface area contributed by atoms with Crippen LogP contribution in [-0.4, -0.2) is 39.2 Å². The third-order valence-corrected chi connectivity index (χ3v) is 3.91. The molecule has 3 rings (SSSR count). The summed E-state index contributed by atoms with van der Waals surface area (Å²) in [5, 5.41) is 15.7. The van der Waals surface area contributed by atoms with Crippen LogP contribution in [0.15, 0.2) is 4.52 Å². The highest BCUT2D eigenvalue weighted by Gasteiger charge is 2.25. The summed E-state index contributed by atoms with van der Waals surface area (Å²) in [5.74, 6) is -0.104. The van der Waals surface area contributed by atoms with E-state index in [2.05, 4.69) is 37.9 Å². The lowest BCUT2D eigenvalue weighted by Crippen LogP contribution is -2.25. The van der Waals surface area contributed by atoms with Crippen molar-refractivity contribution in [2.24, 2.45) is 5.92 Å². The van der Waals surface area contributed by atoms with Crippen LogP contribution in [0.5, 0.6) is 0 Å². The molecule has 9 nitrogen and oxygen atoms in total. The van der Waals surface area contributed by atoms with Gasteiger partial charge in [-0.3, -0.25) is 14.7 Å². The maximum Gasteiger partial charge on any atom is 0.292 e. The van der Waals surface area contributed by atoms with Gasteiger partial charge >= 0.3 is 0 Å². The smallest absolute Gasteiger partial charge is 0.292 e. The summed E-state index contributed by atoms with van der Waals surface area (Å²) in [7, 11) is 1.47. The molecule has 2 amide bonds. The lowest BCUT2D eigenvalue weighted by atomic mass is 9.88. The summed E-state index contributed by atoms with van der Waals surface area (Å²) in [6, 6.07) is 0. The molecule has 1 aliphatic carbocycles. The summed E-state index contributed by atoms with van der Waals surface area (Å²) >= 11 is 0. The Balaban J connectivity index is 1.65. The summed E-state index contributed by atoms with van der Waals surface area (Å²) in [6.07, 6.45) is 2.85. The molecule has 0 saturated heterocycles. The van der Waals surface area contributed by atoms with Crippen LogP contribution < -0.4 is 10.6 Å². The molecule has 9 heteroatoms. The largest absolute Gasteiger partial charge is 0.352 e. The molecule has 0 aliphatic heterocycles. The van der Waals surface area contributed by atoms with Crippen LogP contribution in [0.25, 0.3) is 0 Å². The van der Waals surface area contributed by atoms with Gasteiger partial charge in [-0.2, -0.15) is 10.1 Å².